The van der Waals surface area contributed by atoms with E-state index in [2.05, 4.69) is 12.1 Å². The van der Waals surface area contributed by atoms with Crippen LogP contribution in [0.2, 0.25) is 0 Å². The molecule has 0 aliphatic carbocycles. The molecule has 3 rings (SSSR count). The first-order chi connectivity index (χ1) is 12.6. The van der Waals surface area contributed by atoms with E-state index in [1.54, 1.807) is 36.4 Å². The van der Waals surface area contributed by atoms with Gasteiger partial charge >= 0.3 is 0 Å². The van der Waals surface area contributed by atoms with Gasteiger partial charge in [0.2, 0.25) is 5.91 Å². The normalized spacial score (nSPS) is 9.92. The quantitative estimate of drug-likeness (QED) is 0.785. The number of nitriles is 2. The van der Waals surface area contributed by atoms with Crippen molar-refractivity contribution in [3.63, 3.8) is 0 Å². The summed E-state index contributed by atoms with van der Waals surface area (Å²) in [5.74, 6) is -0.519. The Morgan fingerprint density at radius 3 is 2.23 bits per heavy atom. The monoisotopic (exact) mass is 337 g/mol. The number of rotatable bonds is 4. The van der Waals surface area contributed by atoms with Crippen LogP contribution in [0.25, 0.3) is 11.1 Å². The van der Waals surface area contributed by atoms with E-state index in [0.717, 1.165) is 22.3 Å². The summed E-state index contributed by atoms with van der Waals surface area (Å²) in [6.45, 7) is 0. The summed E-state index contributed by atoms with van der Waals surface area (Å²) in [5.41, 5.74) is 10.5. The number of amides is 1. The molecule has 0 fully saturated rings. The molecule has 124 valence electrons. The highest BCUT2D eigenvalue weighted by Crippen LogP contribution is 2.30. The fourth-order valence-electron chi connectivity index (χ4n) is 3.01. The van der Waals surface area contributed by atoms with Crippen LogP contribution in [0.3, 0.4) is 0 Å². The predicted octanol–water partition coefficient (Wildman–Crippen LogP) is 3.79. The van der Waals surface area contributed by atoms with Crippen molar-refractivity contribution in [2.75, 3.05) is 0 Å². The molecule has 0 aliphatic heterocycles. The van der Waals surface area contributed by atoms with E-state index in [1.165, 1.54) is 0 Å². The van der Waals surface area contributed by atoms with Gasteiger partial charge in [0, 0.05) is 5.56 Å². The standard InChI is InChI=1S/C22H15N3O/c23-13-16-5-1-4-15(10-16)11-18-8-3-9-20(22(25)26)21(18)19-7-2-6-17(12-19)14-24/h1-10,12H,11H2,(H2,25,26). The summed E-state index contributed by atoms with van der Waals surface area (Å²) in [6, 6.07) is 24.1. The highest BCUT2D eigenvalue weighted by molar-refractivity contribution is 6.00. The van der Waals surface area contributed by atoms with Crippen molar-refractivity contribution in [1.29, 1.82) is 10.5 Å². The third kappa shape index (κ3) is 3.45. The Balaban J connectivity index is 2.16. The van der Waals surface area contributed by atoms with Gasteiger partial charge in [0.05, 0.1) is 23.3 Å². The second-order valence-corrected chi connectivity index (χ2v) is 5.89. The molecule has 0 bridgehead atoms. The van der Waals surface area contributed by atoms with Crippen LogP contribution in [0.15, 0.2) is 66.7 Å². The number of hydrogen-bond acceptors (Lipinski definition) is 3. The van der Waals surface area contributed by atoms with Gasteiger partial charge in [-0.3, -0.25) is 4.79 Å². The Morgan fingerprint density at radius 1 is 0.885 bits per heavy atom. The van der Waals surface area contributed by atoms with Gasteiger partial charge in [-0.2, -0.15) is 10.5 Å². The Kier molecular flexibility index (Phi) is 4.78. The highest BCUT2D eigenvalue weighted by atomic mass is 16.1. The first kappa shape index (κ1) is 17.0. The Labute approximate surface area is 151 Å². The minimum absolute atomic E-state index is 0.411. The van der Waals surface area contributed by atoms with Crippen molar-refractivity contribution in [3.05, 3.63) is 94.5 Å². The lowest BCUT2D eigenvalue weighted by Crippen LogP contribution is -2.13. The number of primary amides is 1. The Morgan fingerprint density at radius 2 is 1.54 bits per heavy atom. The van der Waals surface area contributed by atoms with Crippen LogP contribution in [0.4, 0.5) is 0 Å². The third-order valence-corrected chi connectivity index (χ3v) is 4.15. The zero-order valence-electron chi connectivity index (χ0n) is 13.9. The van der Waals surface area contributed by atoms with Crippen LogP contribution in [0.1, 0.15) is 32.6 Å². The molecular formula is C22H15N3O. The van der Waals surface area contributed by atoms with Crippen molar-refractivity contribution in [2.45, 2.75) is 6.42 Å². The minimum Gasteiger partial charge on any atom is -0.366 e. The van der Waals surface area contributed by atoms with Gasteiger partial charge in [0.25, 0.3) is 0 Å². The van der Waals surface area contributed by atoms with E-state index in [1.807, 2.05) is 30.3 Å². The van der Waals surface area contributed by atoms with Crippen LogP contribution in [-0.4, -0.2) is 5.91 Å². The lowest BCUT2D eigenvalue weighted by Gasteiger charge is -2.14. The average Bonchev–Trinajstić information content (AvgIpc) is 2.68. The Hall–Kier alpha value is -3.89. The molecule has 4 heteroatoms. The van der Waals surface area contributed by atoms with E-state index < -0.39 is 5.91 Å². The van der Waals surface area contributed by atoms with E-state index in [0.29, 0.717) is 23.1 Å². The third-order valence-electron chi connectivity index (χ3n) is 4.15. The summed E-state index contributed by atoms with van der Waals surface area (Å²) < 4.78 is 0. The van der Waals surface area contributed by atoms with Gasteiger partial charge in [0.15, 0.2) is 0 Å². The molecule has 26 heavy (non-hydrogen) atoms. The smallest absolute Gasteiger partial charge is 0.249 e. The van der Waals surface area contributed by atoms with Crippen molar-refractivity contribution in [1.82, 2.24) is 0 Å². The molecule has 0 atom stereocenters. The molecule has 3 aromatic carbocycles. The highest BCUT2D eigenvalue weighted by Gasteiger charge is 2.15. The molecule has 0 aromatic heterocycles. The summed E-state index contributed by atoms with van der Waals surface area (Å²) in [5, 5.41) is 18.3. The van der Waals surface area contributed by atoms with Crippen LogP contribution >= 0.6 is 0 Å². The van der Waals surface area contributed by atoms with Crippen molar-refractivity contribution in [3.8, 4) is 23.3 Å². The maximum atomic E-state index is 12.0. The summed E-state index contributed by atoms with van der Waals surface area (Å²) in [4.78, 5) is 12.0. The molecule has 0 saturated heterocycles. The topological polar surface area (TPSA) is 90.7 Å². The maximum Gasteiger partial charge on any atom is 0.249 e. The molecule has 0 unspecified atom stereocenters. The van der Waals surface area contributed by atoms with Gasteiger partial charge < -0.3 is 5.73 Å². The van der Waals surface area contributed by atoms with Crippen molar-refractivity contribution in [2.24, 2.45) is 5.73 Å². The van der Waals surface area contributed by atoms with E-state index >= 15 is 0 Å². The number of hydrogen-bond donors (Lipinski definition) is 1. The van der Waals surface area contributed by atoms with Gasteiger partial charge in [-0.05, 0) is 59.0 Å². The fraction of sp³-hybridized carbons (Fsp3) is 0.0455. The SMILES string of the molecule is N#Cc1cccc(Cc2cccc(C(N)=O)c2-c2cccc(C#N)c2)c1. The van der Waals surface area contributed by atoms with E-state index in [9.17, 15) is 10.1 Å². The lowest BCUT2D eigenvalue weighted by atomic mass is 9.90. The fourth-order valence-corrected chi connectivity index (χ4v) is 3.01. The zero-order chi connectivity index (χ0) is 18.5. The number of nitrogens with zero attached hydrogens (tertiary/aromatic N) is 2. The zero-order valence-corrected chi connectivity index (χ0v) is 13.9. The van der Waals surface area contributed by atoms with Crippen LogP contribution in [0.5, 0.6) is 0 Å². The van der Waals surface area contributed by atoms with Gasteiger partial charge in [0.1, 0.15) is 0 Å². The predicted molar refractivity (Wildman–Crippen MR) is 99.1 cm³/mol. The second-order valence-electron chi connectivity index (χ2n) is 5.89. The molecule has 2 N–H and O–H groups in total. The summed E-state index contributed by atoms with van der Waals surface area (Å²) in [6.07, 6.45) is 0.544. The molecule has 3 aromatic rings. The second kappa shape index (κ2) is 7.34. The number of carbonyl (C=O) groups is 1. The molecule has 0 aliphatic rings. The molecule has 0 saturated carbocycles. The van der Waals surface area contributed by atoms with Gasteiger partial charge in [-0.15, -0.1) is 0 Å². The van der Waals surface area contributed by atoms with Crippen LogP contribution < -0.4 is 5.73 Å². The Bertz CT molecular complexity index is 1070. The van der Waals surface area contributed by atoms with Crippen molar-refractivity contribution >= 4 is 5.91 Å². The van der Waals surface area contributed by atoms with Crippen molar-refractivity contribution < 1.29 is 4.79 Å². The molecule has 0 heterocycles. The molecule has 0 spiro atoms. The lowest BCUT2D eigenvalue weighted by molar-refractivity contribution is 0.100. The molecule has 0 radical (unpaired) electrons. The largest absolute Gasteiger partial charge is 0.366 e. The first-order valence-corrected chi connectivity index (χ1v) is 8.03. The van der Waals surface area contributed by atoms with E-state index in [-0.39, 0.29) is 0 Å². The van der Waals surface area contributed by atoms with Crippen LogP contribution in [-0.2, 0) is 6.42 Å². The first-order valence-electron chi connectivity index (χ1n) is 8.03. The summed E-state index contributed by atoms with van der Waals surface area (Å²) >= 11 is 0. The molecule has 4 nitrogen and oxygen atoms in total. The number of nitrogens with two attached hydrogens (primary N) is 1. The maximum absolute atomic E-state index is 12.0. The van der Waals surface area contributed by atoms with Crippen LogP contribution in [0, 0.1) is 22.7 Å². The van der Waals surface area contributed by atoms with Gasteiger partial charge in [-0.25, -0.2) is 0 Å². The minimum atomic E-state index is -0.519. The number of benzene rings is 3. The average molecular weight is 337 g/mol. The number of carbonyl (C=O) groups excluding carboxylic acids is 1. The molecular weight excluding hydrogens is 322 g/mol. The van der Waals surface area contributed by atoms with Gasteiger partial charge in [-0.1, -0.05) is 36.4 Å². The summed E-state index contributed by atoms with van der Waals surface area (Å²) in [7, 11) is 0. The molecule has 1 amide bonds. The van der Waals surface area contributed by atoms with E-state index in [4.69, 9.17) is 11.0 Å².